The number of nitrogens with one attached hydrogen (secondary N) is 1. The number of sulfonamides is 1. The van der Waals surface area contributed by atoms with E-state index in [0.29, 0.717) is 0 Å². The molecule has 27 heavy (non-hydrogen) atoms. The number of benzene rings is 3. The lowest BCUT2D eigenvalue weighted by molar-refractivity contribution is -0.138. The van der Waals surface area contributed by atoms with Crippen LogP contribution in [0.3, 0.4) is 0 Å². The zero-order valence-corrected chi connectivity index (χ0v) is 14.9. The Morgan fingerprint density at radius 2 is 1.30 bits per heavy atom. The maximum atomic E-state index is 13.0. The van der Waals surface area contributed by atoms with Crippen LogP contribution in [-0.2, 0) is 22.7 Å². The first-order valence-corrected chi connectivity index (χ1v) is 9.56. The quantitative estimate of drug-likeness (QED) is 0.676. The van der Waals surface area contributed by atoms with E-state index in [1.165, 1.54) is 30.3 Å². The fourth-order valence-corrected chi connectivity index (χ4v) is 3.67. The van der Waals surface area contributed by atoms with Crippen LogP contribution >= 0.6 is 0 Å². The Labute approximate surface area is 155 Å². The second kappa shape index (κ2) is 7.54. The Kier molecular flexibility index (Phi) is 5.34. The second-order valence-corrected chi connectivity index (χ2v) is 7.64. The summed E-state index contributed by atoms with van der Waals surface area (Å²) in [4.78, 5) is -0.00771. The molecule has 3 rings (SSSR count). The van der Waals surface area contributed by atoms with Gasteiger partial charge in [0.1, 0.15) is 0 Å². The number of hydrogen-bond acceptors (Lipinski definition) is 2. The molecular weight excluding hydrogens is 375 g/mol. The third kappa shape index (κ3) is 4.56. The van der Waals surface area contributed by atoms with Gasteiger partial charge in [-0.25, -0.2) is 13.1 Å². The maximum Gasteiger partial charge on any atom is 0.416 e. The summed E-state index contributed by atoms with van der Waals surface area (Å²) in [6.07, 6.45) is -4.54. The van der Waals surface area contributed by atoms with E-state index in [0.717, 1.165) is 17.2 Å². The van der Waals surface area contributed by atoms with E-state index in [-0.39, 0.29) is 10.5 Å². The molecule has 0 saturated heterocycles. The molecule has 0 atom stereocenters. The molecule has 140 valence electrons. The lowest BCUT2D eigenvalue weighted by Crippen LogP contribution is -2.24. The van der Waals surface area contributed by atoms with Crippen LogP contribution in [0.25, 0.3) is 11.1 Å². The summed E-state index contributed by atoms with van der Waals surface area (Å²) < 4.78 is 66.1. The molecule has 0 bridgehead atoms. The van der Waals surface area contributed by atoms with Crippen LogP contribution in [0.2, 0.25) is 0 Å². The topological polar surface area (TPSA) is 46.2 Å². The van der Waals surface area contributed by atoms with Crippen molar-refractivity contribution in [1.29, 1.82) is 0 Å². The van der Waals surface area contributed by atoms with E-state index in [1.807, 2.05) is 30.3 Å². The number of alkyl halides is 3. The van der Waals surface area contributed by atoms with Gasteiger partial charge in [-0.15, -0.1) is 0 Å². The smallest absolute Gasteiger partial charge is 0.207 e. The molecule has 1 N–H and O–H groups in total. The highest BCUT2D eigenvalue weighted by Crippen LogP contribution is 2.32. The standard InChI is InChI=1S/C20H16F3NO2S/c21-20(22,23)19-9-5-4-8-17(19)14-24-27(25,26)18-12-10-16(11-13-18)15-6-2-1-3-7-15/h1-13,24H,14H2. The van der Waals surface area contributed by atoms with Crippen molar-refractivity contribution in [3.63, 3.8) is 0 Å². The van der Waals surface area contributed by atoms with Gasteiger partial charge in [0.25, 0.3) is 0 Å². The third-order valence-corrected chi connectivity index (χ3v) is 5.46. The predicted molar refractivity (Wildman–Crippen MR) is 97.3 cm³/mol. The number of hydrogen-bond donors (Lipinski definition) is 1. The van der Waals surface area contributed by atoms with Gasteiger partial charge in [0.05, 0.1) is 10.5 Å². The van der Waals surface area contributed by atoms with Crippen LogP contribution in [0.5, 0.6) is 0 Å². The molecule has 3 aromatic rings. The van der Waals surface area contributed by atoms with E-state index in [2.05, 4.69) is 4.72 Å². The Balaban J connectivity index is 1.78. The van der Waals surface area contributed by atoms with Crippen molar-refractivity contribution in [3.8, 4) is 11.1 Å². The molecule has 0 aromatic heterocycles. The van der Waals surface area contributed by atoms with Gasteiger partial charge in [0.2, 0.25) is 10.0 Å². The van der Waals surface area contributed by atoms with Crippen molar-refractivity contribution in [2.45, 2.75) is 17.6 Å². The highest BCUT2D eigenvalue weighted by Gasteiger charge is 2.33. The molecular formula is C20H16F3NO2S. The molecule has 0 unspecified atom stereocenters. The summed E-state index contributed by atoms with van der Waals surface area (Å²) >= 11 is 0. The lowest BCUT2D eigenvalue weighted by atomic mass is 10.1. The first kappa shape index (κ1) is 19.1. The van der Waals surface area contributed by atoms with E-state index >= 15 is 0 Å². The first-order valence-electron chi connectivity index (χ1n) is 8.08. The number of rotatable bonds is 5. The average molecular weight is 391 g/mol. The van der Waals surface area contributed by atoms with E-state index in [9.17, 15) is 21.6 Å². The van der Waals surface area contributed by atoms with Gasteiger partial charge < -0.3 is 0 Å². The van der Waals surface area contributed by atoms with Crippen LogP contribution < -0.4 is 4.72 Å². The van der Waals surface area contributed by atoms with E-state index < -0.39 is 28.3 Å². The molecule has 0 fully saturated rings. The van der Waals surface area contributed by atoms with Gasteiger partial charge in [-0.3, -0.25) is 0 Å². The van der Waals surface area contributed by atoms with Crippen LogP contribution in [-0.4, -0.2) is 8.42 Å². The Morgan fingerprint density at radius 1 is 0.741 bits per heavy atom. The van der Waals surface area contributed by atoms with Gasteiger partial charge in [0, 0.05) is 6.54 Å². The van der Waals surface area contributed by atoms with Crippen molar-refractivity contribution in [2.24, 2.45) is 0 Å². The molecule has 0 amide bonds. The van der Waals surface area contributed by atoms with Gasteiger partial charge in [-0.2, -0.15) is 13.2 Å². The molecule has 0 saturated carbocycles. The first-order chi connectivity index (χ1) is 12.8. The summed E-state index contributed by atoms with van der Waals surface area (Å²) in [7, 11) is -3.94. The minimum Gasteiger partial charge on any atom is -0.207 e. The van der Waals surface area contributed by atoms with Crippen LogP contribution in [0.15, 0.2) is 83.8 Å². The van der Waals surface area contributed by atoms with E-state index in [4.69, 9.17) is 0 Å². The van der Waals surface area contributed by atoms with Gasteiger partial charge in [-0.1, -0.05) is 60.7 Å². The van der Waals surface area contributed by atoms with Crippen molar-refractivity contribution in [2.75, 3.05) is 0 Å². The highest BCUT2D eigenvalue weighted by atomic mass is 32.2. The lowest BCUT2D eigenvalue weighted by Gasteiger charge is -2.13. The maximum absolute atomic E-state index is 13.0. The fourth-order valence-electron chi connectivity index (χ4n) is 2.66. The predicted octanol–water partition coefficient (Wildman–Crippen LogP) is 4.85. The SMILES string of the molecule is O=S(=O)(NCc1ccccc1C(F)(F)F)c1ccc(-c2ccccc2)cc1. The molecule has 0 aliphatic heterocycles. The van der Waals surface area contributed by atoms with Crippen LogP contribution in [0, 0.1) is 0 Å². The summed E-state index contributed by atoms with van der Waals surface area (Å²) in [5, 5.41) is 0. The zero-order valence-electron chi connectivity index (χ0n) is 14.1. The third-order valence-electron chi connectivity index (χ3n) is 4.05. The van der Waals surface area contributed by atoms with Crippen molar-refractivity contribution in [1.82, 2.24) is 4.72 Å². The minimum absolute atomic E-state index is 0.00771. The normalized spacial score (nSPS) is 12.1. The Morgan fingerprint density at radius 3 is 1.93 bits per heavy atom. The number of halogens is 3. The van der Waals surface area contributed by atoms with Crippen LogP contribution in [0.4, 0.5) is 13.2 Å². The highest BCUT2D eigenvalue weighted by molar-refractivity contribution is 7.89. The minimum atomic E-state index is -4.54. The van der Waals surface area contributed by atoms with Crippen molar-refractivity contribution in [3.05, 3.63) is 90.0 Å². The second-order valence-electron chi connectivity index (χ2n) is 5.87. The van der Waals surface area contributed by atoms with Gasteiger partial charge >= 0.3 is 6.18 Å². The Hall–Kier alpha value is -2.64. The summed E-state index contributed by atoms with van der Waals surface area (Å²) in [5.41, 5.74) is 0.798. The largest absolute Gasteiger partial charge is 0.416 e. The van der Waals surface area contributed by atoms with Crippen LogP contribution in [0.1, 0.15) is 11.1 Å². The van der Waals surface area contributed by atoms with Crippen molar-refractivity contribution >= 4 is 10.0 Å². The molecule has 7 heteroatoms. The fraction of sp³-hybridized carbons (Fsp3) is 0.100. The van der Waals surface area contributed by atoms with Crippen molar-refractivity contribution < 1.29 is 21.6 Å². The molecule has 3 aromatic carbocycles. The van der Waals surface area contributed by atoms with Gasteiger partial charge in [-0.05, 0) is 34.9 Å². The molecule has 0 heterocycles. The summed E-state index contributed by atoms with van der Waals surface area (Å²) in [5.74, 6) is 0. The molecule has 3 nitrogen and oxygen atoms in total. The zero-order chi connectivity index (χ0) is 19.5. The molecule has 0 radical (unpaired) electrons. The average Bonchev–Trinajstić information content (AvgIpc) is 2.67. The molecule has 0 aliphatic rings. The molecule has 0 spiro atoms. The monoisotopic (exact) mass is 391 g/mol. The van der Waals surface area contributed by atoms with Gasteiger partial charge in [0.15, 0.2) is 0 Å². The Bertz CT molecular complexity index is 1020. The summed E-state index contributed by atoms with van der Waals surface area (Å²) in [6.45, 7) is -0.446. The summed E-state index contributed by atoms with van der Waals surface area (Å²) in [6, 6.07) is 20.5. The van der Waals surface area contributed by atoms with E-state index in [1.54, 1.807) is 12.1 Å². The molecule has 0 aliphatic carbocycles.